The molecular weight excluding hydrogens is 400 g/mol. The zero-order valence-electron chi connectivity index (χ0n) is 19.4. The Morgan fingerprint density at radius 2 is 1.74 bits per heavy atom. The molecule has 10 nitrogen and oxygen atoms in total. The Balaban J connectivity index is 2.36. The number of imidazole rings is 1. The van der Waals surface area contributed by atoms with Gasteiger partial charge in [0, 0.05) is 31.8 Å². The molecule has 31 heavy (non-hydrogen) atoms. The van der Waals surface area contributed by atoms with Crippen molar-refractivity contribution in [3.63, 3.8) is 0 Å². The first kappa shape index (κ1) is 22.7. The number of Topliss-reactive ketones (excluding diaryl/α,β-unsaturated/α-hetero) is 1. The predicted octanol–water partition coefficient (Wildman–Crippen LogP) is 1.27. The molecule has 3 rings (SSSR count). The van der Waals surface area contributed by atoms with Gasteiger partial charge in [-0.05, 0) is 26.3 Å². The molecule has 0 N–H and O–H groups in total. The van der Waals surface area contributed by atoms with Gasteiger partial charge >= 0.3 is 5.69 Å². The van der Waals surface area contributed by atoms with Gasteiger partial charge in [0.1, 0.15) is 0 Å². The molecule has 0 aliphatic rings. The lowest BCUT2D eigenvalue weighted by molar-refractivity contribution is -0.127. The number of nitrogens with zero attached hydrogens (tertiary/aromatic N) is 6. The normalized spacial score (nSPS) is 12.1. The zero-order chi connectivity index (χ0) is 23.2. The summed E-state index contributed by atoms with van der Waals surface area (Å²) in [6, 6.07) is 0. The number of methoxy groups -OCH3 is 1. The van der Waals surface area contributed by atoms with Crippen molar-refractivity contribution >= 4 is 16.9 Å². The van der Waals surface area contributed by atoms with Gasteiger partial charge in [-0.1, -0.05) is 20.8 Å². The second kappa shape index (κ2) is 7.92. The van der Waals surface area contributed by atoms with Crippen LogP contribution in [-0.4, -0.2) is 48.0 Å². The van der Waals surface area contributed by atoms with Gasteiger partial charge in [-0.3, -0.25) is 18.7 Å². The summed E-state index contributed by atoms with van der Waals surface area (Å²) in [5, 5.41) is 4.57. The number of hydrogen-bond acceptors (Lipinski definition) is 6. The van der Waals surface area contributed by atoms with E-state index in [2.05, 4.69) is 10.1 Å². The van der Waals surface area contributed by atoms with Crippen LogP contribution in [0.3, 0.4) is 0 Å². The Labute approximate surface area is 180 Å². The van der Waals surface area contributed by atoms with E-state index in [0.717, 1.165) is 21.5 Å². The Hall–Kier alpha value is -3.01. The molecule has 3 heterocycles. The summed E-state index contributed by atoms with van der Waals surface area (Å²) >= 11 is 0. The summed E-state index contributed by atoms with van der Waals surface area (Å²) < 4.78 is 10.9. The van der Waals surface area contributed by atoms with Crippen molar-refractivity contribution in [2.75, 3.05) is 13.7 Å². The van der Waals surface area contributed by atoms with Crippen LogP contribution >= 0.6 is 0 Å². The van der Waals surface area contributed by atoms with Crippen molar-refractivity contribution in [1.29, 1.82) is 0 Å². The lowest BCUT2D eigenvalue weighted by Crippen LogP contribution is -2.43. The number of carbonyl (C=O) groups excluding carboxylic acids is 1. The number of carbonyl (C=O) groups is 1. The minimum absolute atomic E-state index is 0.205. The first-order valence-electron chi connectivity index (χ1n) is 10.2. The predicted molar refractivity (Wildman–Crippen MR) is 117 cm³/mol. The molecule has 0 aliphatic carbocycles. The van der Waals surface area contributed by atoms with Crippen molar-refractivity contribution in [2.24, 2.45) is 12.5 Å². The van der Waals surface area contributed by atoms with Crippen LogP contribution in [0.1, 0.15) is 37.7 Å². The molecule has 0 fully saturated rings. The SMILES string of the molecule is COCCn1c(-n2nc(C)c(C)c2C)nc2c1c(=O)n(CC(=O)C(C)(C)C)c(=O)n2C. The van der Waals surface area contributed by atoms with Crippen LogP contribution in [0.15, 0.2) is 9.59 Å². The molecule has 0 unspecified atom stereocenters. The van der Waals surface area contributed by atoms with E-state index in [-0.39, 0.29) is 23.5 Å². The van der Waals surface area contributed by atoms with Gasteiger partial charge in [-0.15, -0.1) is 0 Å². The summed E-state index contributed by atoms with van der Waals surface area (Å²) in [5.74, 6) is 0.219. The smallest absolute Gasteiger partial charge is 0.332 e. The third-order valence-electron chi connectivity index (χ3n) is 5.71. The minimum atomic E-state index is -0.678. The maximum Gasteiger partial charge on any atom is 0.332 e. The average molecular weight is 431 g/mol. The fourth-order valence-corrected chi connectivity index (χ4v) is 3.35. The molecule has 0 saturated heterocycles. The third kappa shape index (κ3) is 3.76. The largest absolute Gasteiger partial charge is 0.383 e. The van der Waals surface area contributed by atoms with Gasteiger partial charge in [-0.25, -0.2) is 9.48 Å². The molecule has 3 aromatic rings. The minimum Gasteiger partial charge on any atom is -0.383 e. The molecule has 0 saturated carbocycles. The number of fused-ring (bicyclic) bond motifs is 1. The number of hydrogen-bond donors (Lipinski definition) is 0. The van der Waals surface area contributed by atoms with Crippen LogP contribution < -0.4 is 11.2 Å². The molecule has 10 heteroatoms. The Bertz CT molecular complexity index is 1280. The van der Waals surface area contributed by atoms with Gasteiger partial charge in [-0.2, -0.15) is 10.1 Å². The van der Waals surface area contributed by atoms with Gasteiger partial charge in [0.2, 0.25) is 5.95 Å². The van der Waals surface area contributed by atoms with Crippen molar-refractivity contribution in [2.45, 2.75) is 54.6 Å². The summed E-state index contributed by atoms with van der Waals surface area (Å²) in [5.41, 5.74) is 1.43. The summed E-state index contributed by atoms with van der Waals surface area (Å²) in [7, 11) is 3.12. The van der Waals surface area contributed by atoms with Crippen LogP contribution in [0.25, 0.3) is 17.1 Å². The fourth-order valence-electron chi connectivity index (χ4n) is 3.35. The van der Waals surface area contributed by atoms with E-state index < -0.39 is 16.7 Å². The van der Waals surface area contributed by atoms with Crippen molar-refractivity contribution in [3.8, 4) is 5.95 Å². The third-order valence-corrected chi connectivity index (χ3v) is 5.71. The molecule has 3 aromatic heterocycles. The Morgan fingerprint density at radius 3 is 2.26 bits per heavy atom. The van der Waals surface area contributed by atoms with Gasteiger partial charge < -0.3 is 9.30 Å². The standard InChI is InChI=1S/C21H30N6O4/c1-12-13(2)23-27(14(12)3)19-22-17-16(25(19)9-10-31-8)18(29)26(20(30)24(17)7)11-15(28)21(4,5)6/h9-11H2,1-8H3. The highest BCUT2D eigenvalue weighted by Crippen LogP contribution is 2.20. The molecule has 168 valence electrons. The van der Waals surface area contributed by atoms with E-state index in [1.807, 2.05) is 20.8 Å². The molecule has 0 aromatic carbocycles. The highest BCUT2D eigenvalue weighted by molar-refractivity contribution is 5.83. The maximum atomic E-state index is 13.4. The average Bonchev–Trinajstić information content (AvgIpc) is 3.19. The fraction of sp³-hybridized carbons (Fsp3) is 0.571. The van der Waals surface area contributed by atoms with Crippen molar-refractivity contribution in [3.05, 3.63) is 37.8 Å². The van der Waals surface area contributed by atoms with E-state index in [0.29, 0.717) is 19.1 Å². The summed E-state index contributed by atoms with van der Waals surface area (Å²) in [6.07, 6.45) is 0. The molecule has 0 spiro atoms. The quantitative estimate of drug-likeness (QED) is 0.583. The second-order valence-electron chi connectivity index (χ2n) is 8.84. The van der Waals surface area contributed by atoms with Gasteiger partial charge in [0.25, 0.3) is 5.56 Å². The van der Waals surface area contributed by atoms with Crippen LogP contribution in [0, 0.1) is 26.2 Å². The molecule has 0 amide bonds. The van der Waals surface area contributed by atoms with E-state index in [1.165, 1.54) is 4.57 Å². The topological polar surface area (TPSA) is 106 Å². The van der Waals surface area contributed by atoms with Crippen LogP contribution in [-0.2, 0) is 29.7 Å². The zero-order valence-corrected chi connectivity index (χ0v) is 19.4. The van der Waals surface area contributed by atoms with E-state index in [9.17, 15) is 14.4 Å². The number of aromatic nitrogens is 6. The first-order chi connectivity index (χ1) is 14.4. The van der Waals surface area contributed by atoms with Crippen LogP contribution in [0.4, 0.5) is 0 Å². The maximum absolute atomic E-state index is 13.4. The monoisotopic (exact) mass is 430 g/mol. The van der Waals surface area contributed by atoms with E-state index in [1.54, 1.807) is 44.2 Å². The van der Waals surface area contributed by atoms with Crippen molar-refractivity contribution < 1.29 is 9.53 Å². The van der Waals surface area contributed by atoms with E-state index >= 15 is 0 Å². The lowest BCUT2D eigenvalue weighted by Gasteiger charge is -2.17. The Morgan fingerprint density at radius 1 is 1.10 bits per heavy atom. The molecular formula is C21H30N6O4. The highest BCUT2D eigenvalue weighted by Gasteiger charge is 2.27. The molecule has 0 aliphatic heterocycles. The van der Waals surface area contributed by atoms with Crippen LogP contribution in [0.2, 0.25) is 0 Å². The summed E-state index contributed by atoms with van der Waals surface area (Å²) in [4.78, 5) is 43.6. The van der Waals surface area contributed by atoms with Gasteiger partial charge in [0.05, 0.1) is 18.8 Å². The highest BCUT2D eigenvalue weighted by atomic mass is 16.5. The second-order valence-corrected chi connectivity index (χ2v) is 8.84. The number of ketones is 1. The van der Waals surface area contributed by atoms with Crippen LogP contribution in [0.5, 0.6) is 0 Å². The van der Waals surface area contributed by atoms with Crippen molar-refractivity contribution in [1.82, 2.24) is 28.5 Å². The molecule has 0 bridgehead atoms. The first-order valence-corrected chi connectivity index (χ1v) is 10.2. The number of ether oxygens (including phenoxy) is 1. The van der Waals surface area contributed by atoms with E-state index in [4.69, 9.17) is 4.74 Å². The summed E-state index contributed by atoms with van der Waals surface area (Å²) in [6.45, 7) is 11.4. The molecule has 0 atom stereocenters. The molecule has 0 radical (unpaired) electrons. The number of aryl methyl sites for hydroxylation is 2. The lowest BCUT2D eigenvalue weighted by atomic mass is 9.91. The number of rotatable bonds is 6. The Kier molecular flexibility index (Phi) is 5.79. The van der Waals surface area contributed by atoms with Gasteiger partial charge in [0.15, 0.2) is 16.9 Å².